The van der Waals surface area contributed by atoms with Crippen molar-refractivity contribution in [3.8, 4) is 0 Å². The summed E-state index contributed by atoms with van der Waals surface area (Å²) in [6.45, 7) is 13.4. The number of hydrogen-bond acceptors (Lipinski definition) is 5. The molecule has 0 aliphatic heterocycles. The number of unbranched alkanes of at least 4 members (excludes halogenated alkanes) is 1. The van der Waals surface area contributed by atoms with Crippen molar-refractivity contribution in [2.75, 3.05) is 19.8 Å². The van der Waals surface area contributed by atoms with E-state index in [9.17, 15) is 9.59 Å². The van der Waals surface area contributed by atoms with Crippen LogP contribution in [0, 0.1) is 0 Å². The summed E-state index contributed by atoms with van der Waals surface area (Å²) in [5, 5.41) is 1.47. The van der Waals surface area contributed by atoms with E-state index in [0.29, 0.717) is 13.2 Å². The fraction of sp³-hybridized carbons (Fsp3) is 0.619. The third-order valence-electron chi connectivity index (χ3n) is 4.93. The number of rotatable bonds is 11. The summed E-state index contributed by atoms with van der Waals surface area (Å²) >= 11 is 0. The molecule has 0 radical (unpaired) electrons. The second-order valence-corrected chi connectivity index (χ2v) is 13.2. The monoisotopic (exact) mass is 409 g/mol. The highest BCUT2D eigenvalue weighted by Crippen LogP contribution is 2.36. The van der Waals surface area contributed by atoms with Crippen molar-refractivity contribution in [2.45, 2.75) is 65.3 Å². The maximum atomic E-state index is 12.3. The van der Waals surface area contributed by atoms with E-state index in [1.54, 1.807) is 0 Å². The molecule has 0 unspecified atom stereocenters. The summed E-state index contributed by atoms with van der Waals surface area (Å²) in [4.78, 5) is 29.0. The van der Waals surface area contributed by atoms with Gasteiger partial charge in [-0.3, -0.25) is 14.4 Å². The predicted molar refractivity (Wildman–Crippen MR) is 112 cm³/mol. The Balaban J connectivity index is 2.50. The van der Waals surface area contributed by atoms with Crippen LogP contribution in [0.3, 0.4) is 0 Å². The molecule has 0 N–H and O–H groups in total. The van der Waals surface area contributed by atoms with Gasteiger partial charge in [-0.25, -0.2) is 5.06 Å². The molecule has 1 rings (SSSR count). The van der Waals surface area contributed by atoms with Crippen LogP contribution in [-0.2, 0) is 30.2 Å². The van der Waals surface area contributed by atoms with Gasteiger partial charge in [0.2, 0.25) is 0 Å². The molecule has 7 heteroatoms. The van der Waals surface area contributed by atoms with Gasteiger partial charge in [-0.2, -0.15) is 0 Å². The van der Waals surface area contributed by atoms with Crippen LogP contribution in [0.2, 0.25) is 18.1 Å². The maximum Gasteiger partial charge on any atom is 0.303 e. The van der Waals surface area contributed by atoms with Gasteiger partial charge in [0, 0.05) is 20.1 Å². The van der Waals surface area contributed by atoms with Gasteiger partial charge in [-0.15, -0.1) is 0 Å². The zero-order valence-corrected chi connectivity index (χ0v) is 19.1. The van der Waals surface area contributed by atoms with Crippen LogP contribution in [0.5, 0.6) is 0 Å². The van der Waals surface area contributed by atoms with E-state index in [1.807, 2.05) is 30.3 Å². The largest absolute Gasteiger partial charge is 0.456 e. The van der Waals surface area contributed by atoms with Gasteiger partial charge in [0.05, 0.1) is 0 Å². The molecule has 6 nitrogen and oxygen atoms in total. The molecule has 0 fully saturated rings. The van der Waals surface area contributed by atoms with Crippen LogP contribution < -0.4 is 0 Å². The van der Waals surface area contributed by atoms with Gasteiger partial charge in [0.25, 0.3) is 5.91 Å². The predicted octanol–water partition coefficient (Wildman–Crippen LogP) is 4.31. The second kappa shape index (κ2) is 11.3. The Morgan fingerprint density at radius 1 is 1.07 bits per heavy atom. The number of hydroxylamine groups is 2. The van der Waals surface area contributed by atoms with Crippen molar-refractivity contribution < 1.29 is 23.6 Å². The normalized spacial score (nSPS) is 11.9. The van der Waals surface area contributed by atoms with E-state index in [1.165, 1.54) is 12.0 Å². The van der Waals surface area contributed by atoms with Gasteiger partial charge < -0.3 is 9.16 Å². The number of ether oxygens (including phenoxy) is 1. The number of esters is 1. The van der Waals surface area contributed by atoms with Crippen LogP contribution in [0.4, 0.5) is 0 Å². The average molecular weight is 410 g/mol. The number of benzene rings is 1. The van der Waals surface area contributed by atoms with Crippen molar-refractivity contribution in [1.29, 1.82) is 0 Å². The molecule has 0 atom stereocenters. The third kappa shape index (κ3) is 8.99. The minimum absolute atomic E-state index is 0.178. The van der Waals surface area contributed by atoms with Crippen molar-refractivity contribution in [1.82, 2.24) is 5.06 Å². The van der Waals surface area contributed by atoms with E-state index in [-0.39, 0.29) is 24.2 Å². The molecular weight excluding hydrogens is 374 g/mol. The smallest absolute Gasteiger partial charge is 0.303 e. The van der Waals surface area contributed by atoms with E-state index >= 15 is 0 Å². The van der Waals surface area contributed by atoms with E-state index < -0.39 is 14.3 Å². The summed E-state index contributed by atoms with van der Waals surface area (Å²) in [5.41, 5.74) is 0.967. The molecule has 0 aliphatic rings. The standard InChI is InChI=1S/C21H35NO5Si/c1-18(23)25-17-20(24)22(26-16-19-12-8-7-9-13-19)14-10-11-15-27-28(5,6)21(2,3)4/h7-9,12-13H,10-11,14-17H2,1-6H3. The van der Waals surface area contributed by atoms with E-state index in [4.69, 9.17) is 14.0 Å². The lowest BCUT2D eigenvalue weighted by molar-refractivity contribution is -0.197. The van der Waals surface area contributed by atoms with Gasteiger partial charge in [-0.05, 0) is 36.5 Å². The molecule has 0 heterocycles. The molecule has 28 heavy (non-hydrogen) atoms. The lowest BCUT2D eigenvalue weighted by Gasteiger charge is -2.36. The van der Waals surface area contributed by atoms with Gasteiger partial charge in [0.1, 0.15) is 6.61 Å². The Morgan fingerprint density at radius 3 is 2.29 bits per heavy atom. The molecule has 0 spiro atoms. The summed E-state index contributed by atoms with van der Waals surface area (Å²) in [6.07, 6.45) is 1.58. The molecular formula is C21H35NO5Si. The molecule has 0 aliphatic carbocycles. The van der Waals surface area contributed by atoms with E-state index in [2.05, 4.69) is 33.9 Å². The fourth-order valence-corrected chi connectivity index (χ4v) is 3.21. The van der Waals surface area contributed by atoms with Crippen molar-refractivity contribution in [2.24, 2.45) is 0 Å². The highest BCUT2D eigenvalue weighted by Gasteiger charge is 2.36. The van der Waals surface area contributed by atoms with Crippen LogP contribution in [0.15, 0.2) is 30.3 Å². The van der Waals surface area contributed by atoms with Crippen molar-refractivity contribution in [3.05, 3.63) is 35.9 Å². The molecule has 1 aromatic rings. The molecule has 0 bridgehead atoms. The fourth-order valence-electron chi connectivity index (χ4n) is 2.12. The lowest BCUT2D eigenvalue weighted by atomic mass is 10.2. The number of carbonyl (C=O) groups is 2. The summed E-state index contributed by atoms with van der Waals surface area (Å²) in [7, 11) is -1.76. The van der Waals surface area contributed by atoms with Gasteiger partial charge in [0.15, 0.2) is 14.9 Å². The highest BCUT2D eigenvalue weighted by atomic mass is 28.4. The molecule has 1 amide bonds. The quantitative estimate of drug-likeness (QED) is 0.236. The molecule has 1 aromatic carbocycles. The van der Waals surface area contributed by atoms with Crippen LogP contribution in [-0.4, -0.2) is 45.0 Å². The first-order valence-electron chi connectivity index (χ1n) is 9.77. The van der Waals surface area contributed by atoms with Crippen molar-refractivity contribution in [3.63, 3.8) is 0 Å². The number of amides is 1. The summed E-state index contributed by atoms with van der Waals surface area (Å²) in [5.74, 6) is -0.851. The molecule has 0 aromatic heterocycles. The van der Waals surface area contributed by atoms with Gasteiger partial charge in [-0.1, -0.05) is 51.1 Å². The Kier molecular flexibility index (Phi) is 9.85. The zero-order valence-electron chi connectivity index (χ0n) is 18.1. The minimum Gasteiger partial charge on any atom is -0.456 e. The summed E-state index contributed by atoms with van der Waals surface area (Å²) in [6, 6.07) is 9.63. The second-order valence-electron chi connectivity index (χ2n) is 8.35. The average Bonchev–Trinajstić information content (AvgIpc) is 2.61. The number of carbonyl (C=O) groups excluding carboxylic acids is 2. The molecule has 0 saturated heterocycles. The third-order valence-corrected chi connectivity index (χ3v) is 9.47. The molecule has 158 valence electrons. The zero-order chi connectivity index (χ0) is 21.2. The first-order valence-corrected chi connectivity index (χ1v) is 12.7. The SMILES string of the molecule is CC(=O)OCC(=O)N(CCCCO[Si](C)(C)C(C)(C)C)OCc1ccccc1. The minimum atomic E-state index is -1.76. The highest BCUT2D eigenvalue weighted by molar-refractivity contribution is 6.74. The number of nitrogens with zero attached hydrogens (tertiary/aromatic N) is 1. The Bertz CT molecular complexity index is 613. The molecule has 0 saturated carbocycles. The Labute approximate surface area is 170 Å². The first kappa shape index (κ1) is 24.3. The van der Waals surface area contributed by atoms with E-state index in [0.717, 1.165) is 18.4 Å². The topological polar surface area (TPSA) is 65.1 Å². The number of hydrogen-bond donors (Lipinski definition) is 0. The van der Waals surface area contributed by atoms with Crippen molar-refractivity contribution >= 4 is 20.2 Å². The summed E-state index contributed by atoms with van der Waals surface area (Å²) < 4.78 is 11.0. The van der Waals surface area contributed by atoms with Crippen LogP contribution in [0.25, 0.3) is 0 Å². The van der Waals surface area contributed by atoms with Crippen LogP contribution >= 0.6 is 0 Å². The lowest BCUT2D eigenvalue weighted by Crippen LogP contribution is -2.41. The van der Waals surface area contributed by atoms with Crippen LogP contribution in [0.1, 0.15) is 46.1 Å². The Hall–Kier alpha value is -1.70. The maximum absolute atomic E-state index is 12.3. The first-order chi connectivity index (χ1) is 13.0. The van der Waals surface area contributed by atoms with Gasteiger partial charge >= 0.3 is 5.97 Å². The Morgan fingerprint density at radius 2 is 1.71 bits per heavy atom.